The number of benzene rings is 8. The summed E-state index contributed by atoms with van der Waals surface area (Å²) in [7, 11) is 0. The number of thiophene rings is 2. The third-order valence-corrected chi connectivity index (χ3v) is 14.5. The molecule has 0 fully saturated rings. The van der Waals surface area contributed by atoms with E-state index < -0.39 is 0 Å². The number of aromatic nitrogens is 4. The number of nitrogens with zero attached hydrogens (tertiary/aromatic N) is 4. The number of hydrogen-bond donors (Lipinski definition) is 0. The summed E-state index contributed by atoms with van der Waals surface area (Å²) in [6.45, 7) is 0. The molecule has 0 unspecified atom stereocenters. The van der Waals surface area contributed by atoms with Gasteiger partial charge in [-0.15, -0.1) is 34.0 Å². The zero-order valence-corrected chi connectivity index (χ0v) is 33.8. The Labute approximate surface area is 351 Å². The summed E-state index contributed by atoms with van der Waals surface area (Å²) in [5, 5.41) is 5.99. The SMILES string of the molecule is c1ccc(-c2nc(-c3ccc(-c4cccc5c4sc4ccc(-c6ccc(-c7nc8ccccc8s7)cc6)cc45)cc3)nc(-c3cccc4sc5ccccc5c34)n2)cc1. The van der Waals surface area contributed by atoms with Crippen LogP contribution in [-0.4, -0.2) is 19.9 Å². The molecule has 8 aromatic carbocycles. The molecule has 0 atom stereocenters. The van der Waals surface area contributed by atoms with Crippen molar-refractivity contribution in [1.29, 1.82) is 0 Å². The molecule has 0 saturated carbocycles. The molecule has 0 radical (unpaired) electrons. The smallest absolute Gasteiger partial charge is 0.164 e. The lowest BCUT2D eigenvalue weighted by atomic mass is 9.99. The predicted octanol–water partition coefficient (Wildman–Crippen LogP) is 15.2. The van der Waals surface area contributed by atoms with Crippen LogP contribution in [0.3, 0.4) is 0 Å². The summed E-state index contributed by atoms with van der Waals surface area (Å²) in [5.41, 5.74) is 9.88. The van der Waals surface area contributed by atoms with Crippen LogP contribution in [0.1, 0.15) is 0 Å². The van der Waals surface area contributed by atoms with Crippen molar-refractivity contribution in [3.05, 3.63) is 182 Å². The molecule has 0 aliphatic carbocycles. The molecule has 0 N–H and O–H groups in total. The van der Waals surface area contributed by atoms with Gasteiger partial charge in [-0.2, -0.15) is 0 Å². The Bertz CT molecular complexity index is 3510. The highest BCUT2D eigenvalue weighted by Crippen LogP contribution is 2.43. The second-order valence-electron chi connectivity index (χ2n) is 14.6. The van der Waals surface area contributed by atoms with E-state index in [1.807, 2.05) is 35.6 Å². The van der Waals surface area contributed by atoms with Gasteiger partial charge in [-0.3, -0.25) is 0 Å². The van der Waals surface area contributed by atoms with Gasteiger partial charge in [-0.1, -0.05) is 146 Å². The molecule has 4 nitrogen and oxygen atoms in total. The summed E-state index contributed by atoms with van der Waals surface area (Å²) < 4.78 is 6.24. The molecular formula is C52H30N4S3. The normalized spacial score (nSPS) is 11.7. The zero-order valence-electron chi connectivity index (χ0n) is 31.3. The van der Waals surface area contributed by atoms with Gasteiger partial charge in [-0.25, -0.2) is 19.9 Å². The minimum atomic E-state index is 0.651. The van der Waals surface area contributed by atoms with Crippen LogP contribution in [-0.2, 0) is 0 Å². The van der Waals surface area contributed by atoms with E-state index in [-0.39, 0.29) is 0 Å². The molecule has 7 heteroatoms. The van der Waals surface area contributed by atoms with Gasteiger partial charge in [0, 0.05) is 62.6 Å². The van der Waals surface area contributed by atoms with Crippen molar-refractivity contribution in [2.45, 2.75) is 0 Å². The third kappa shape index (κ3) is 5.93. The highest BCUT2D eigenvalue weighted by Gasteiger charge is 2.18. The van der Waals surface area contributed by atoms with Crippen LogP contribution < -0.4 is 0 Å². The number of para-hydroxylation sites is 1. The summed E-state index contributed by atoms with van der Waals surface area (Å²) in [6.07, 6.45) is 0. The number of hydrogen-bond acceptors (Lipinski definition) is 7. The Morgan fingerprint density at radius 1 is 0.305 bits per heavy atom. The van der Waals surface area contributed by atoms with E-state index in [0.717, 1.165) is 38.3 Å². The molecule has 0 saturated heterocycles. The van der Waals surface area contributed by atoms with Gasteiger partial charge in [0.1, 0.15) is 5.01 Å². The van der Waals surface area contributed by atoms with Gasteiger partial charge in [-0.05, 0) is 58.7 Å². The average molecular weight is 807 g/mol. The van der Waals surface area contributed by atoms with Crippen LogP contribution in [0.25, 0.3) is 118 Å². The number of fused-ring (bicyclic) bond motifs is 7. The Hall–Kier alpha value is -6.90. The first kappa shape index (κ1) is 34.2. The second kappa shape index (κ2) is 13.9. The average Bonchev–Trinajstić information content (AvgIpc) is 4.03. The lowest BCUT2D eigenvalue weighted by Gasteiger charge is -2.10. The molecule has 12 aromatic rings. The first-order valence-corrected chi connectivity index (χ1v) is 21.9. The molecule has 4 aromatic heterocycles. The molecule has 0 aliphatic rings. The van der Waals surface area contributed by atoms with Crippen LogP contribution in [0.15, 0.2) is 182 Å². The van der Waals surface area contributed by atoms with E-state index >= 15 is 0 Å². The van der Waals surface area contributed by atoms with E-state index in [2.05, 4.69) is 158 Å². The van der Waals surface area contributed by atoms with Gasteiger partial charge in [0.25, 0.3) is 0 Å². The van der Waals surface area contributed by atoms with Gasteiger partial charge in [0.2, 0.25) is 0 Å². The number of rotatable bonds is 6. The van der Waals surface area contributed by atoms with Gasteiger partial charge >= 0.3 is 0 Å². The monoisotopic (exact) mass is 806 g/mol. The van der Waals surface area contributed by atoms with Crippen molar-refractivity contribution in [2.24, 2.45) is 0 Å². The molecule has 0 spiro atoms. The Morgan fingerprint density at radius 3 is 1.73 bits per heavy atom. The van der Waals surface area contributed by atoms with E-state index in [4.69, 9.17) is 19.9 Å². The number of thiazole rings is 1. The zero-order chi connectivity index (χ0) is 38.9. The van der Waals surface area contributed by atoms with Crippen molar-refractivity contribution in [1.82, 2.24) is 19.9 Å². The fourth-order valence-corrected chi connectivity index (χ4v) is 11.4. The second-order valence-corrected chi connectivity index (χ2v) is 17.8. The molecule has 12 rings (SSSR count). The summed E-state index contributed by atoms with van der Waals surface area (Å²) in [5.74, 6) is 1.98. The van der Waals surface area contributed by atoms with Crippen LogP contribution >= 0.6 is 34.0 Å². The fourth-order valence-electron chi connectivity index (χ4n) is 8.11. The third-order valence-electron chi connectivity index (χ3n) is 11.0. The molecule has 4 heterocycles. The van der Waals surface area contributed by atoms with Crippen LogP contribution in [0.5, 0.6) is 0 Å². The summed E-state index contributed by atoms with van der Waals surface area (Å²) in [6, 6.07) is 64.5. The van der Waals surface area contributed by atoms with Gasteiger partial charge in [0.15, 0.2) is 17.5 Å². The molecular weight excluding hydrogens is 777 g/mol. The predicted molar refractivity (Wildman–Crippen MR) is 251 cm³/mol. The van der Waals surface area contributed by atoms with Crippen molar-refractivity contribution in [2.75, 3.05) is 0 Å². The Kier molecular flexibility index (Phi) is 8.04. The largest absolute Gasteiger partial charge is 0.236 e. The first-order chi connectivity index (χ1) is 29.2. The molecule has 59 heavy (non-hydrogen) atoms. The molecule has 0 aliphatic heterocycles. The van der Waals surface area contributed by atoms with Gasteiger partial charge in [0.05, 0.1) is 10.2 Å². The maximum absolute atomic E-state index is 5.16. The topological polar surface area (TPSA) is 51.6 Å². The summed E-state index contributed by atoms with van der Waals surface area (Å²) >= 11 is 5.39. The van der Waals surface area contributed by atoms with Crippen molar-refractivity contribution in [3.8, 4) is 67.0 Å². The fraction of sp³-hybridized carbons (Fsp3) is 0. The maximum atomic E-state index is 5.16. The van der Waals surface area contributed by atoms with Crippen LogP contribution in [0.4, 0.5) is 0 Å². The molecule has 0 amide bonds. The molecule has 0 bridgehead atoms. The van der Waals surface area contributed by atoms with E-state index in [1.54, 1.807) is 22.7 Å². The van der Waals surface area contributed by atoms with Crippen LogP contribution in [0.2, 0.25) is 0 Å². The Morgan fingerprint density at radius 2 is 0.898 bits per heavy atom. The maximum Gasteiger partial charge on any atom is 0.164 e. The minimum absolute atomic E-state index is 0.651. The Balaban J connectivity index is 0.903. The lowest BCUT2D eigenvalue weighted by Crippen LogP contribution is -2.00. The minimum Gasteiger partial charge on any atom is -0.236 e. The van der Waals surface area contributed by atoms with E-state index in [1.165, 1.54) is 61.7 Å². The first-order valence-electron chi connectivity index (χ1n) is 19.4. The van der Waals surface area contributed by atoms with Crippen LogP contribution in [0, 0.1) is 0 Å². The lowest BCUT2D eigenvalue weighted by molar-refractivity contribution is 1.08. The van der Waals surface area contributed by atoms with Crippen molar-refractivity contribution >= 4 is 84.6 Å². The van der Waals surface area contributed by atoms with E-state index in [9.17, 15) is 0 Å². The summed E-state index contributed by atoms with van der Waals surface area (Å²) in [4.78, 5) is 20.2. The quantitative estimate of drug-likeness (QED) is 0.168. The van der Waals surface area contributed by atoms with Crippen molar-refractivity contribution < 1.29 is 0 Å². The van der Waals surface area contributed by atoms with Gasteiger partial charge < -0.3 is 0 Å². The highest BCUT2D eigenvalue weighted by atomic mass is 32.1. The standard InChI is InChI=1S/C52H30N4S3/c1-2-10-33(11-3-1)49-54-50(56-51(55-49)40-15-9-19-46-47(40)39-12-4-6-17-43(39)57-46)34-24-22-32(23-25-34)37-13-8-14-38-41-30-36(28-29-44(41)58-48(37)38)31-20-26-35(27-21-31)52-53-42-16-5-7-18-45(42)59-52/h1-30H. The van der Waals surface area contributed by atoms with Crippen molar-refractivity contribution in [3.63, 3.8) is 0 Å². The van der Waals surface area contributed by atoms with E-state index in [0.29, 0.717) is 17.5 Å². The molecule has 276 valence electrons. The highest BCUT2D eigenvalue weighted by molar-refractivity contribution is 7.26.